The first-order valence-electron chi connectivity index (χ1n) is 5.22. The van der Waals surface area contributed by atoms with Gasteiger partial charge in [0.15, 0.2) is 0 Å². The second-order valence-corrected chi connectivity index (χ2v) is 4.71. The highest BCUT2D eigenvalue weighted by Crippen LogP contribution is 2.11. The van der Waals surface area contributed by atoms with Crippen LogP contribution in [0.25, 0.3) is 0 Å². The molecule has 0 bridgehead atoms. The molecule has 0 aliphatic rings. The summed E-state index contributed by atoms with van der Waals surface area (Å²) in [7, 11) is 0. The van der Waals surface area contributed by atoms with Gasteiger partial charge in [0.05, 0.1) is 6.10 Å². The van der Waals surface area contributed by atoms with Crippen molar-refractivity contribution in [2.75, 3.05) is 11.5 Å². The molecule has 0 amide bonds. The van der Waals surface area contributed by atoms with Crippen LogP contribution in [-0.2, 0) is 6.42 Å². The third kappa shape index (κ3) is 5.19. The predicted octanol–water partition coefficient (Wildman–Crippen LogP) is 2.87. The van der Waals surface area contributed by atoms with Crippen molar-refractivity contribution in [3.05, 3.63) is 35.6 Å². The Morgan fingerprint density at radius 1 is 1.47 bits per heavy atom. The fourth-order valence-corrected chi connectivity index (χ4v) is 2.20. The Morgan fingerprint density at radius 3 is 2.93 bits per heavy atom. The zero-order valence-electron chi connectivity index (χ0n) is 8.95. The minimum Gasteiger partial charge on any atom is -0.392 e. The largest absolute Gasteiger partial charge is 0.392 e. The van der Waals surface area contributed by atoms with Gasteiger partial charge in [-0.3, -0.25) is 0 Å². The third-order valence-electron chi connectivity index (χ3n) is 2.02. The number of halogens is 1. The van der Waals surface area contributed by atoms with E-state index in [9.17, 15) is 9.50 Å². The van der Waals surface area contributed by atoms with Crippen LogP contribution in [0.4, 0.5) is 4.39 Å². The first-order valence-corrected chi connectivity index (χ1v) is 6.38. The second kappa shape index (κ2) is 6.85. The summed E-state index contributed by atoms with van der Waals surface area (Å²) in [5, 5.41) is 9.68. The SMILES string of the molecule is CCCSCC(O)Cc1cccc(F)c1. The summed E-state index contributed by atoms with van der Waals surface area (Å²) in [5.41, 5.74) is 0.861. The summed E-state index contributed by atoms with van der Waals surface area (Å²) in [6, 6.07) is 6.42. The number of rotatable bonds is 6. The van der Waals surface area contributed by atoms with E-state index in [0.29, 0.717) is 6.42 Å². The molecule has 1 nitrogen and oxygen atoms in total. The van der Waals surface area contributed by atoms with Crippen LogP contribution in [-0.4, -0.2) is 22.7 Å². The van der Waals surface area contributed by atoms with Gasteiger partial charge in [-0.25, -0.2) is 4.39 Å². The highest BCUT2D eigenvalue weighted by Gasteiger charge is 2.05. The van der Waals surface area contributed by atoms with Gasteiger partial charge in [-0.05, 0) is 36.3 Å². The minimum atomic E-state index is -0.372. The Bertz CT molecular complexity index is 291. The number of hydrogen-bond acceptors (Lipinski definition) is 2. The molecular formula is C12H17FOS. The van der Waals surface area contributed by atoms with Crippen molar-refractivity contribution in [3.63, 3.8) is 0 Å². The molecule has 1 aromatic carbocycles. The van der Waals surface area contributed by atoms with E-state index in [4.69, 9.17) is 0 Å². The van der Waals surface area contributed by atoms with Crippen molar-refractivity contribution in [3.8, 4) is 0 Å². The van der Waals surface area contributed by atoms with E-state index < -0.39 is 0 Å². The molecule has 0 radical (unpaired) electrons. The van der Waals surface area contributed by atoms with E-state index in [2.05, 4.69) is 6.92 Å². The zero-order valence-corrected chi connectivity index (χ0v) is 9.77. The molecule has 0 heterocycles. The number of thioether (sulfide) groups is 1. The molecule has 84 valence electrons. The maximum Gasteiger partial charge on any atom is 0.123 e. The summed E-state index contributed by atoms with van der Waals surface area (Å²) in [5.74, 6) is 1.56. The lowest BCUT2D eigenvalue weighted by molar-refractivity contribution is 0.200. The Kier molecular flexibility index (Phi) is 5.73. The summed E-state index contributed by atoms with van der Waals surface area (Å²) in [4.78, 5) is 0. The topological polar surface area (TPSA) is 20.2 Å². The third-order valence-corrected chi connectivity index (χ3v) is 3.34. The van der Waals surface area contributed by atoms with E-state index >= 15 is 0 Å². The van der Waals surface area contributed by atoms with E-state index in [0.717, 1.165) is 23.5 Å². The fraction of sp³-hybridized carbons (Fsp3) is 0.500. The Labute approximate surface area is 94.7 Å². The molecule has 0 aliphatic heterocycles. The van der Waals surface area contributed by atoms with E-state index in [1.54, 1.807) is 17.8 Å². The first kappa shape index (κ1) is 12.5. The quantitative estimate of drug-likeness (QED) is 0.755. The highest BCUT2D eigenvalue weighted by molar-refractivity contribution is 7.99. The number of benzene rings is 1. The van der Waals surface area contributed by atoms with Crippen LogP contribution in [0, 0.1) is 5.82 Å². The van der Waals surface area contributed by atoms with Gasteiger partial charge in [0, 0.05) is 5.75 Å². The molecule has 1 rings (SSSR count). The number of aliphatic hydroxyl groups is 1. The van der Waals surface area contributed by atoms with Gasteiger partial charge < -0.3 is 5.11 Å². The lowest BCUT2D eigenvalue weighted by atomic mass is 10.1. The van der Waals surface area contributed by atoms with Gasteiger partial charge in [0.1, 0.15) is 5.82 Å². The highest BCUT2D eigenvalue weighted by atomic mass is 32.2. The lowest BCUT2D eigenvalue weighted by Gasteiger charge is -2.09. The van der Waals surface area contributed by atoms with Crippen LogP contribution in [0.3, 0.4) is 0 Å². The monoisotopic (exact) mass is 228 g/mol. The average molecular weight is 228 g/mol. The van der Waals surface area contributed by atoms with Crippen LogP contribution >= 0.6 is 11.8 Å². The molecule has 1 unspecified atom stereocenters. The Balaban J connectivity index is 2.34. The summed E-state index contributed by atoms with van der Waals surface area (Å²) in [6.07, 6.45) is 1.29. The molecule has 0 aliphatic carbocycles. The maximum absolute atomic E-state index is 12.8. The molecule has 0 spiro atoms. The van der Waals surface area contributed by atoms with Crippen molar-refractivity contribution in [2.24, 2.45) is 0 Å². The van der Waals surface area contributed by atoms with E-state index in [1.165, 1.54) is 12.1 Å². The molecule has 0 saturated carbocycles. The molecule has 1 atom stereocenters. The molecule has 15 heavy (non-hydrogen) atoms. The predicted molar refractivity (Wildman–Crippen MR) is 63.7 cm³/mol. The van der Waals surface area contributed by atoms with Crippen molar-refractivity contribution in [2.45, 2.75) is 25.9 Å². The van der Waals surface area contributed by atoms with Crippen molar-refractivity contribution in [1.82, 2.24) is 0 Å². The van der Waals surface area contributed by atoms with E-state index in [-0.39, 0.29) is 11.9 Å². The van der Waals surface area contributed by atoms with Gasteiger partial charge in [-0.2, -0.15) is 11.8 Å². The summed E-state index contributed by atoms with van der Waals surface area (Å²) < 4.78 is 12.8. The van der Waals surface area contributed by atoms with Crippen molar-refractivity contribution in [1.29, 1.82) is 0 Å². The lowest BCUT2D eigenvalue weighted by Crippen LogP contribution is -2.13. The van der Waals surface area contributed by atoms with Gasteiger partial charge in [0.25, 0.3) is 0 Å². The molecular weight excluding hydrogens is 211 g/mol. The van der Waals surface area contributed by atoms with Crippen molar-refractivity contribution < 1.29 is 9.50 Å². The molecule has 0 aromatic heterocycles. The first-order chi connectivity index (χ1) is 7.22. The smallest absolute Gasteiger partial charge is 0.123 e. The zero-order chi connectivity index (χ0) is 11.1. The van der Waals surface area contributed by atoms with Gasteiger partial charge in [-0.1, -0.05) is 19.1 Å². The molecule has 0 fully saturated rings. The molecule has 1 N–H and O–H groups in total. The number of hydrogen-bond donors (Lipinski definition) is 1. The van der Waals surface area contributed by atoms with Crippen LogP contribution in [0.15, 0.2) is 24.3 Å². The van der Waals surface area contributed by atoms with Gasteiger partial charge in [-0.15, -0.1) is 0 Å². The average Bonchev–Trinajstić information content (AvgIpc) is 2.18. The normalized spacial score (nSPS) is 12.7. The van der Waals surface area contributed by atoms with Crippen molar-refractivity contribution >= 4 is 11.8 Å². The standard InChI is InChI=1S/C12H17FOS/c1-2-6-15-9-12(14)8-10-4-3-5-11(13)7-10/h3-5,7,12,14H,2,6,8-9H2,1H3. The van der Waals surface area contributed by atoms with Crippen LogP contribution in [0.2, 0.25) is 0 Å². The molecule has 1 aromatic rings. The maximum atomic E-state index is 12.8. The van der Waals surface area contributed by atoms with Crippen LogP contribution in [0.1, 0.15) is 18.9 Å². The Hall–Kier alpha value is -0.540. The summed E-state index contributed by atoms with van der Waals surface area (Å²) >= 11 is 1.74. The minimum absolute atomic E-state index is 0.235. The van der Waals surface area contributed by atoms with Gasteiger partial charge in [0.2, 0.25) is 0 Å². The number of aliphatic hydroxyl groups excluding tert-OH is 1. The van der Waals surface area contributed by atoms with Crippen LogP contribution < -0.4 is 0 Å². The molecule has 3 heteroatoms. The van der Waals surface area contributed by atoms with Gasteiger partial charge >= 0.3 is 0 Å². The summed E-state index contributed by atoms with van der Waals surface area (Å²) in [6.45, 7) is 2.12. The van der Waals surface area contributed by atoms with E-state index in [1.807, 2.05) is 6.07 Å². The fourth-order valence-electron chi connectivity index (χ4n) is 1.36. The second-order valence-electron chi connectivity index (χ2n) is 3.56. The molecule has 0 saturated heterocycles. The Morgan fingerprint density at radius 2 is 2.27 bits per heavy atom. The van der Waals surface area contributed by atoms with Crippen LogP contribution in [0.5, 0.6) is 0 Å².